The minimum absolute atomic E-state index is 0.153. The van der Waals surface area contributed by atoms with Crippen LogP contribution in [0.4, 0.5) is 0 Å². The Labute approximate surface area is 166 Å². The quantitative estimate of drug-likeness (QED) is 0.600. The lowest BCUT2D eigenvalue weighted by Gasteiger charge is -2.22. The first-order chi connectivity index (χ1) is 13.8. The van der Waals surface area contributed by atoms with E-state index < -0.39 is 0 Å². The highest BCUT2D eigenvalue weighted by atomic mass is 16.3. The monoisotopic (exact) mass is 374 g/mol. The van der Waals surface area contributed by atoms with Gasteiger partial charge in [0.05, 0.1) is 12.8 Å². The van der Waals surface area contributed by atoms with Crippen LogP contribution in [0.25, 0.3) is 0 Å². The third-order valence-electron chi connectivity index (χ3n) is 5.21. The Hall–Kier alpha value is -2.85. The summed E-state index contributed by atoms with van der Waals surface area (Å²) in [6, 6.07) is 22.5. The van der Waals surface area contributed by atoms with Crippen LogP contribution < -0.4 is 0 Å². The van der Waals surface area contributed by atoms with Crippen LogP contribution >= 0.6 is 0 Å². The van der Waals surface area contributed by atoms with Crippen LogP contribution in [0.15, 0.2) is 77.4 Å². The second kappa shape index (κ2) is 8.89. The number of carbonyl (C=O) groups is 1. The predicted molar refractivity (Wildman–Crippen MR) is 110 cm³/mol. The van der Waals surface area contributed by atoms with Gasteiger partial charge in [0.2, 0.25) is 0 Å². The van der Waals surface area contributed by atoms with Gasteiger partial charge < -0.3 is 9.32 Å². The summed E-state index contributed by atoms with van der Waals surface area (Å²) in [6.07, 6.45) is 3.95. The van der Waals surface area contributed by atoms with Crippen molar-refractivity contribution in [2.75, 3.05) is 13.1 Å². The molecule has 1 aliphatic heterocycles. The first-order valence-electron chi connectivity index (χ1n) is 9.95. The van der Waals surface area contributed by atoms with Gasteiger partial charge in [0.1, 0.15) is 5.76 Å². The number of likely N-dealkylation sites (tertiary alicyclic amines) is 1. The molecule has 1 aliphatic rings. The van der Waals surface area contributed by atoms with Crippen LogP contribution in [0.5, 0.6) is 0 Å². The van der Waals surface area contributed by atoms with Gasteiger partial charge >= 0.3 is 0 Å². The van der Waals surface area contributed by atoms with Gasteiger partial charge in [-0.3, -0.25) is 9.69 Å². The van der Waals surface area contributed by atoms with Gasteiger partial charge in [-0.2, -0.15) is 0 Å². The van der Waals surface area contributed by atoms with Crippen molar-refractivity contribution >= 4 is 5.91 Å². The first kappa shape index (κ1) is 18.5. The van der Waals surface area contributed by atoms with Gasteiger partial charge in [0.25, 0.3) is 5.91 Å². The fourth-order valence-corrected chi connectivity index (χ4v) is 3.75. The van der Waals surface area contributed by atoms with E-state index in [-0.39, 0.29) is 5.91 Å². The molecular formula is C24H26N2O2. The maximum atomic E-state index is 12.5. The van der Waals surface area contributed by atoms with Gasteiger partial charge in [0.15, 0.2) is 0 Å². The Morgan fingerprint density at radius 1 is 0.821 bits per heavy atom. The molecule has 0 spiro atoms. The molecule has 0 atom stereocenters. The van der Waals surface area contributed by atoms with Crippen molar-refractivity contribution in [3.63, 3.8) is 0 Å². The van der Waals surface area contributed by atoms with E-state index in [0.717, 1.165) is 56.9 Å². The zero-order valence-corrected chi connectivity index (χ0v) is 16.1. The van der Waals surface area contributed by atoms with Crippen molar-refractivity contribution in [2.45, 2.75) is 32.5 Å². The minimum atomic E-state index is 0.153. The molecular weight excluding hydrogens is 348 g/mol. The van der Waals surface area contributed by atoms with Crippen molar-refractivity contribution in [3.05, 3.63) is 95.4 Å². The number of hydrogen-bond donors (Lipinski definition) is 0. The summed E-state index contributed by atoms with van der Waals surface area (Å²) in [4.78, 5) is 16.8. The second-order valence-corrected chi connectivity index (χ2v) is 7.41. The number of carbonyl (C=O) groups excluding carboxylic acids is 1. The summed E-state index contributed by atoms with van der Waals surface area (Å²) in [6.45, 7) is 4.16. The average molecular weight is 374 g/mol. The highest BCUT2D eigenvalue weighted by molar-refractivity contribution is 5.94. The molecule has 0 radical (unpaired) electrons. The number of benzene rings is 2. The molecule has 4 heteroatoms. The molecule has 4 rings (SSSR count). The molecule has 4 nitrogen and oxygen atoms in total. The van der Waals surface area contributed by atoms with Crippen molar-refractivity contribution in [1.82, 2.24) is 9.80 Å². The zero-order valence-electron chi connectivity index (χ0n) is 16.1. The van der Waals surface area contributed by atoms with E-state index in [1.165, 1.54) is 11.1 Å². The van der Waals surface area contributed by atoms with Crippen LogP contribution in [-0.2, 0) is 19.6 Å². The molecule has 0 saturated carbocycles. The molecule has 28 heavy (non-hydrogen) atoms. The molecule has 0 aliphatic carbocycles. The molecule has 1 fully saturated rings. The van der Waals surface area contributed by atoms with Gasteiger partial charge in [-0.25, -0.2) is 0 Å². The number of rotatable bonds is 7. The smallest absolute Gasteiger partial charge is 0.253 e. The van der Waals surface area contributed by atoms with Gasteiger partial charge in [0, 0.05) is 31.7 Å². The number of nitrogens with zero attached hydrogens (tertiary/aromatic N) is 2. The van der Waals surface area contributed by atoms with E-state index in [2.05, 4.69) is 41.3 Å². The molecule has 2 aromatic carbocycles. The predicted octanol–water partition coefficient (Wildman–Crippen LogP) is 4.72. The van der Waals surface area contributed by atoms with Crippen molar-refractivity contribution < 1.29 is 9.21 Å². The Balaban J connectivity index is 1.45. The standard InChI is InChI=1S/C24H26N2O2/c27-24(26-14-4-5-15-26)22-12-10-21(11-13-22)18-25(19-23-9-6-16-28-23)17-20-7-2-1-3-8-20/h1-3,6-13,16H,4-5,14-15,17-19H2. The fourth-order valence-electron chi connectivity index (χ4n) is 3.75. The Morgan fingerprint density at radius 3 is 2.14 bits per heavy atom. The number of furan rings is 1. The van der Waals surface area contributed by atoms with E-state index in [4.69, 9.17) is 4.42 Å². The van der Waals surface area contributed by atoms with E-state index in [9.17, 15) is 4.79 Å². The van der Waals surface area contributed by atoms with Crippen LogP contribution in [-0.4, -0.2) is 28.8 Å². The molecule has 3 aromatic rings. The van der Waals surface area contributed by atoms with Crippen molar-refractivity contribution in [2.24, 2.45) is 0 Å². The maximum absolute atomic E-state index is 12.5. The first-order valence-corrected chi connectivity index (χ1v) is 9.95. The lowest BCUT2D eigenvalue weighted by atomic mass is 10.1. The number of amides is 1. The summed E-state index contributed by atoms with van der Waals surface area (Å²) in [5.74, 6) is 1.11. The normalized spacial score (nSPS) is 14.0. The van der Waals surface area contributed by atoms with Crippen molar-refractivity contribution in [3.8, 4) is 0 Å². The molecule has 0 N–H and O–H groups in total. The Kier molecular flexibility index (Phi) is 5.88. The number of hydrogen-bond acceptors (Lipinski definition) is 3. The van der Waals surface area contributed by atoms with E-state index in [1.807, 2.05) is 35.2 Å². The van der Waals surface area contributed by atoms with Crippen LogP contribution in [0, 0.1) is 0 Å². The lowest BCUT2D eigenvalue weighted by molar-refractivity contribution is 0.0793. The summed E-state index contributed by atoms with van der Waals surface area (Å²) < 4.78 is 5.56. The molecule has 1 aromatic heterocycles. The average Bonchev–Trinajstić information content (AvgIpc) is 3.43. The van der Waals surface area contributed by atoms with Crippen LogP contribution in [0.3, 0.4) is 0 Å². The maximum Gasteiger partial charge on any atom is 0.253 e. The van der Waals surface area contributed by atoms with Gasteiger partial charge in [-0.1, -0.05) is 42.5 Å². The molecule has 2 heterocycles. The molecule has 0 unspecified atom stereocenters. The van der Waals surface area contributed by atoms with Gasteiger partial charge in [-0.05, 0) is 48.2 Å². The molecule has 0 bridgehead atoms. The topological polar surface area (TPSA) is 36.7 Å². The Bertz CT molecular complexity index is 867. The van der Waals surface area contributed by atoms with E-state index >= 15 is 0 Å². The molecule has 1 amide bonds. The third-order valence-corrected chi connectivity index (χ3v) is 5.21. The van der Waals surface area contributed by atoms with E-state index in [1.54, 1.807) is 6.26 Å². The summed E-state index contributed by atoms with van der Waals surface area (Å²) in [7, 11) is 0. The van der Waals surface area contributed by atoms with E-state index in [0.29, 0.717) is 0 Å². The van der Waals surface area contributed by atoms with Crippen molar-refractivity contribution in [1.29, 1.82) is 0 Å². The van der Waals surface area contributed by atoms with Crippen LogP contribution in [0.2, 0.25) is 0 Å². The Morgan fingerprint density at radius 2 is 1.50 bits per heavy atom. The molecule has 144 valence electrons. The third kappa shape index (κ3) is 4.70. The zero-order chi connectivity index (χ0) is 19.2. The summed E-state index contributed by atoms with van der Waals surface area (Å²) >= 11 is 0. The minimum Gasteiger partial charge on any atom is -0.468 e. The fraction of sp³-hybridized carbons (Fsp3) is 0.292. The summed E-state index contributed by atoms with van der Waals surface area (Å²) in [5, 5.41) is 0. The largest absolute Gasteiger partial charge is 0.468 e. The van der Waals surface area contributed by atoms with Crippen LogP contribution in [0.1, 0.15) is 40.1 Å². The summed E-state index contributed by atoms with van der Waals surface area (Å²) in [5.41, 5.74) is 3.25. The highest BCUT2D eigenvalue weighted by Crippen LogP contribution is 2.17. The van der Waals surface area contributed by atoms with Gasteiger partial charge in [-0.15, -0.1) is 0 Å². The SMILES string of the molecule is O=C(c1ccc(CN(Cc2ccccc2)Cc2ccco2)cc1)N1CCCC1. The second-order valence-electron chi connectivity index (χ2n) is 7.41. The lowest BCUT2D eigenvalue weighted by Crippen LogP contribution is -2.27. The highest BCUT2D eigenvalue weighted by Gasteiger charge is 2.19. The molecule has 1 saturated heterocycles.